The number of carboxylic acid groups (broad SMARTS) is 2. The number of aliphatic carboxylic acids is 2. The summed E-state index contributed by atoms with van der Waals surface area (Å²) in [6.45, 7) is 2.49. The highest BCUT2D eigenvalue weighted by Gasteiger charge is 2.28. The lowest BCUT2D eigenvalue weighted by molar-refractivity contribution is -0.137. The number of unbranched alkanes of at least 4 members (excludes halogenated alkanes) is 4. The predicted octanol–water partition coefficient (Wildman–Crippen LogP) is 6.71. The molecule has 7 nitrogen and oxygen atoms in total. The van der Waals surface area contributed by atoms with E-state index in [0.29, 0.717) is 19.4 Å². The van der Waals surface area contributed by atoms with Crippen molar-refractivity contribution in [1.29, 1.82) is 0 Å². The second-order valence-corrected chi connectivity index (χ2v) is 10.7. The molecule has 2 aliphatic rings. The molecular formula is C34H41NO6. The van der Waals surface area contributed by atoms with Crippen molar-refractivity contribution in [3.05, 3.63) is 82.7 Å². The quantitative estimate of drug-likeness (QED) is 0.172. The fraction of sp³-hybridized carbons (Fsp3) is 0.441. The summed E-state index contributed by atoms with van der Waals surface area (Å²) in [5, 5.41) is 28.3. The molecule has 1 amide bonds. The van der Waals surface area contributed by atoms with E-state index < -0.39 is 18.0 Å². The van der Waals surface area contributed by atoms with E-state index in [2.05, 4.69) is 37.0 Å². The van der Waals surface area contributed by atoms with Gasteiger partial charge in [0.1, 0.15) is 5.76 Å². The number of carbonyl (C=O) groups excluding carboxylic acids is 1. The Morgan fingerprint density at radius 3 is 2.32 bits per heavy atom. The maximum absolute atomic E-state index is 13.3. The van der Waals surface area contributed by atoms with Crippen molar-refractivity contribution in [1.82, 2.24) is 4.90 Å². The van der Waals surface area contributed by atoms with Crippen molar-refractivity contribution >= 4 is 17.8 Å². The minimum absolute atomic E-state index is 0.0229. The van der Waals surface area contributed by atoms with Crippen molar-refractivity contribution in [2.24, 2.45) is 5.92 Å². The molecule has 0 heterocycles. The van der Waals surface area contributed by atoms with Gasteiger partial charge in [0.2, 0.25) is 5.91 Å². The van der Waals surface area contributed by atoms with Crippen LogP contribution in [0.4, 0.5) is 0 Å². The van der Waals surface area contributed by atoms with Crippen LogP contribution in [0.3, 0.4) is 0 Å². The fourth-order valence-corrected chi connectivity index (χ4v) is 4.94. The molecule has 0 bridgehead atoms. The van der Waals surface area contributed by atoms with E-state index in [0.717, 1.165) is 36.8 Å². The predicted molar refractivity (Wildman–Crippen MR) is 159 cm³/mol. The minimum Gasteiger partial charge on any atom is -0.507 e. The Kier molecular flexibility index (Phi) is 12.5. The summed E-state index contributed by atoms with van der Waals surface area (Å²) in [5.74, 6) is 4.37. The SMILES string of the molecule is CCCCC1=CCC(C#Cc2ccc(CN(C(=O)CCCCCCC(=O)O)C3C=CC(O)=C(C(=O)O)C3)cc2)C=C1. The standard InChI is InChI=1S/C34H41NO6/c1-2-3-8-25-11-13-26(14-12-25)15-16-27-17-19-28(20-18-27)24-35(29-21-22-31(36)30(23-29)34(40)41)32(37)9-6-4-5-7-10-33(38)39/h11-13,17-22,26,29,36H,2-10,14,23-24H2,1H3,(H,38,39)(H,40,41). The van der Waals surface area contributed by atoms with Crippen molar-refractivity contribution < 1.29 is 29.7 Å². The largest absolute Gasteiger partial charge is 0.507 e. The molecular weight excluding hydrogens is 518 g/mol. The van der Waals surface area contributed by atoms with Crippen LogP contribution in [-0.4, -0.2) is 44.1 Å². The summed E-state index contributed by atoms with van der Waals surface area (Å²) in [6.07, 6.45) is 17.2. The molecule has 0 fully saturated rings. The molecule has 2 aliphatic carbocycles. The zero-order valence-electron chi connectivity index (χ0n) is 23.8. The lowest BCUT2D eigenvalue weighted by atomic mass is 9.94. The van der Waals surface area contributed by atoms with Gasteiger partial charge in [-0.3, -0.25) is 9.59 Å². The molecule has 0 spiro atoms. The number of rotatable bonds is 14. The summed E-state index contributed by atoms with van der Waals surface area (Å²) in [4.78, 5) is 37.3. The molecule has 0 radical (unpaired) electrons. The fourth-order valence-electron chi connectivity index (χ4n) is 4.94. The monoisotopic (exact) mass is 559 g/mol. The Morgan fingerprint density at radius 2 is 1.68 bits per heavy atom. The summed E-state index contributed by atoms with van der Waals surface area (Å²) < 4.78 is 0. The van der Waals surface area contributed by atoms with Crippen LogP contribution >= 0.6 is 0 Å². The highest BCUT2D eigenvalue weighted by atomic mass is 16.4. The van der Waals surface area contributed by atoms with Gasteiger partial charge in [0.15, 0.2) is 0 Å². The van der Waals surface area contributed by atoms with Gasteiger partial charge < -0.3 is 20.2 Å². The molecule has 2 atom stereocenters. The molecule has 0 saturated heterocycles. The van der Waals surface area contributed by atoms with Gasteiger partial charge in [0.25, 0.3) is 0 Å². The van der Waals surface area contributed by atoms with Crippen molar-refractivity contribution in [2.45, 2.75) is 90.1 Å². The number of aliphatic hydroxyl groups excluding tert-OH is 1. The van der Waals surface area contributed by atoms with Gasteiger partial charge in [-0.1, -0.05) is 80.0 Å². The maximum atomic E-state index is 13.3. The normalized spacial score (nSPS) is 17.9. The van der Waals surface area contributed by atoms with Crippen molar-refractivity contribution in [3.8, 4) is 11.8 Å². The summed E-state index contributed by atoms with van der Waals surface area (Å²) in [6, 6.07) is 7.26. The maximum Gasteiger partial charge on any atom is 0.335 e. The molecule has 0 aliphatic heterocycles. The van der Waals surface area contributed by atoms with Gasteiger partial charge in [-0.25, -0.2) is 4.79 Å². The van der Waals surface area contributed by atoms with E-state index in [1.807, 2.05) is 24.3 Å². The molecule has 1 aromatic rings. The first-order valence-electron chi connectivity index (χ1n) is 14.6. The zero-order chi connectivity index (χ0) is 29.6. The second-order valence-electron chi connectivity index (χ2n) is 10.7. The third-order valence-electron chi connectivity index (χ3n) is 7.41. The number of amides is 1. The average Bonchev–Trinajstić information content (AvgIpc) is 2.96. The van der Waals surface area contributed by atoms with Gasteiger partial charge >= 0.3 is 11.9 Å². The lowest BCUT2D eigenvalue weighted by Crippen LogP contribution is -2.40. The molecule has 2 unspecified atom stereocenters. The first-order valence-corrected chi connectivity index (χ1v) is 14.6. The number of aliphatic hydroxyl groups is 1. The van der Waals surface area contributed by atoms with Crippen LogP contribution in [0.2, 0.25) is 0 Å². The first-order chi connectivity index (χ1) is 19.8. The number of hydrogen-bond donors (Lipinski definition) is 3. The highest BCUT2D eigenvalue weighted by Crippen LogP contribution is 2.25. The summed E-state index contributed by atoms with van der Waals surface area (Å²) in [5.41, 5.74) is 3.07. The Morgan fingerprint density at radius 1 is 0.951 bits per heavy atom. The number of allylic oxidation sites excluding steroid dienone is 5. The van der Waals surface area contributed by atoms with Crippen LogP contribution in [0.1, 0.15) is 88.7 Å². The number of carboxylic acids is 2. The lowest BCUT2D eigenvalue weighted by Gasteiger charge is -2.32. The number of nitrogens with zero attached hydrogens (tertiary/aromatic N) is 1. The van der Waals surface area contributed by atoms with Crippen LogP contribution in [0.15, 0.2) is 71.6 Å². The smallest absolute Gasteiger partial charge is 0.335 e. The number of hydrogen-bond acceptors (Lipinski definition) is 4. The van der Waals surface area contributed by atoms with Crippen LogP contribution < -0.4 is 0 Å². The third-order valence-corrected chi connectivity index (χ3v) is 7.41. The van der Waals surface area contributed by atoms with E-state index >= 15 is 0 Å². The van der Waals surface area contributed by atoms with E-state index in [9.17, 15) is 24.6 Å². The molecule has 218 valence electrons. The number of carbonyl (C=O) groups is 3. The van der Waals surface area contributed by atoms with Gasteiger partial charge in [0.05, 0.1) is 11.6 Å². The first kappa shape index (κ1) is 31.5. The van der Waals surface area contributed by atoms with Crippen molar-refractivity contribution in [2.75, 3.05) is 0 Å². The summed E-state index contributed by atoms with van der Waals surface area (Å²) >= 11 is 0. The highest BCUT2D eigenvalue weighted by molar-refractivity contribution is 5.88. The zero-order valence-corrected chi connectivity index (χ0v) is 23.8. The van der Waals surface area contributed by atoms with Crippen LogP contribution in [-0.2, 0) is 20.9 Å². The Labute approximate surface area is 243 Å². The van der Waals surface area contributed by atoms with Gasteiger partial charge in [-0.15, -0.1) is 0 Å². The Bertz CT molecular complexity index is 1260. The van der Waals surface area contributed by atoms with E-state index in [4.69, 9.17) is 5.11 Å². The van der Waals surface area contributed by atoms with E-state index in [-0.39, 0.29) is 42.4 Å². The Balaban J connectivity index is 1.63. The van der Waals surface area contributed by atoms with Crippen LogP contribution in [0.25, 0.3) is 0 Å². The molecule has 7 heteroatoms. The van der Waals surface area contributed by atoms with Crippen LogP contribution in [0.5, 0.6) is 0 Å². The van der Waals surface area contributed by atoms with Crippen molar-refractivity contribution in [3.63, 3.8) is 0 Å². The van der Waals surface area contributed by atoms with E-state index in [1.54, 1.807) is 11.0 Å². The molecule has 3 N–H and O–H groups in total. The van der Waals surface area contributed by atoms with Crippen LogP contribution in [0, 0.1) is 17.8 Å². The Hall–Kier alpha value is -4.05. The molecule has 0 saturated carbocycles. The van der Waals surface area contributed by atoms with Gasteiger partial charge in [0, 0.05) is 37.3 Å². The average molecular weight is 560 g/mol. The second kappa shape index (κ2) is 16.3. The molecule has 3 rings (SSSR count). The minimum atomic E-state index is -1.20. The third kappa shape index (κ3) is 10.5. The topological polar surface area (TPSA) is 115 Å². The molecule has 0 aromatic heterocycles. The molecule has 1 aromatic carbocycles. The number of benzene rings is 1. The molecule has 41 heavy (non-hydrogen) atoms. The van der Waals surface area contributed by atoms with Gasteiger partial charge in [-0.2, -0.15) is 0 Å². The van der Waals surface area contributed by atoms with Gasteiger partial charge in [-0.05, 0) is 55.9 Å². The summed E-state index contributed by atoms with van der Waals surface area (Å²) in [7, 11) is 0. The van der Waals surface area contributed by atoms with E-state index in [1.165, 1.54) is 24.5 Å².